The number of hydrogen-bond acceptors (Lipinski definition) is 2. The highest BCUT2D eigenvalue weighted by Gasteiger charge is 2.52. The summed E-state index contributed by atoms with van der Waals surface area (Å²) in [6.07, 6.45) is 0. The van der Waals surface area contributed by atoms with Crippen LogP contribution in [0.3, 0.4) is 0 Å². The summed E-state index contributed by atoms with van der Waals surface area (Å²) in [6, 6.07) is 0. The summed E-state index contributed by atoms with van der Waals surface area (Å²) in [4.78, 5) is 0. The SMILES string of the molecule is C[Si](Cl)N1[Si](C)N([Si](C)(C)Cl)[Si]1C. The van der Waals surface area contributed by atoms with Gasteiger partial charge < -0.3 is 7.79 Å². The van der Waals surface area contributed by atoms with Gasteiger partial charge in [-0.15, -0.1) is 22.2 Å². The lowest BCUT2D eigenvalue weighted by Crippen LogP contribution is -2.82. The van der Waals surface area contributed by atoms with Crippen LogP contribution in [0.2, 0.25) is 32.7 Å². The summed E-state index contributed by atoms with van der Waals surface area (Å²) in [5.41, 5.74) is 0. The maximum absolute atomic E-state index is 6.45. The molecule has 8 heteroatoms. The standard InChI is InChI=1S/C5H15Cl2N2Si4/c1-10(6)8-11(2)9(12(8)3)13(4,5)7/h1-5H3. The molecular weight excluding hydrogens is 271 g/mol. The van der Waals surface area contributed by atoms with E-state index in [4.69, 9.17) is 22.2 Å². The second-order valence-corrected chi connectivity index (χ2v) is 19.5. The number of halogens is 2. The molecule has 0 spiro atoms. The highest BCUT2D eigenvalue weighted by Crippen LogP contribution is 2.30. The highest BCUT2D eigenvalue weighted by molar-refractivity contribution is 7.27. The molecule has 13 heavy (non-hydrogen) atoms. The normalized spacial score (nSPS) is 24.0. The highest BCUT2D eigenvalue weighted by atomic mass is 35.6. The van der Waals surface area contributed by atoms with Gasteiger partial charge in [0.15, 0.2) is 0 Å². The first kappa shape index (κ1) is 12.4. The Morgan fingerprint density at radius 3 is 1.85 bits per heavy atom. The smallest absolute Gasteiger partial charge is 0.236 e. The zero-order chi connectivity index (χ0) is 10.4. The molecule has 0 aliphatic carbocycles. The van der Waals surface area contributed by atoms with Crippen LogP contribution in [0.1, 0.15) is 0 Å². The Morgan fingerprint density at radius 2 is 1.62 bits per heavy atom. The average Bonchev–Trinajstić information content (AvgIpc) is 1.81. The second kappa shape index (κ2) is 4.09. The predicted octanol–water partition coefficient (Wildman–Crippen LogP) is 2.14. The zero-order valence-electron chi connectivity index (χ0n) is 8.65. The van der Waals surface area contributed by atoms with E-state index in [2.05, 4.69) is 40.5 Å². The fourth-order valence-electron chi connectivity index (χ4n) is 1.84. The summed E-state index contributed by atoms with van der Waals surface area (Å²) in [5, 5.41) is 0. The molecule has 0 bridgehead atoms. The van der Waals surface area contributed by atoms with Crippen LogP contribution in [0, 0.1) is 0 Å². The van der Waals surface area contributed by atoms with Gasteiger partial charge in [-0.1, -0.05) is 0 Å². The summed E-state index contributed by atoms with van der Waals surface area (Å²) in [5.74, 6) is 0. The van der Waals surface area contributed by atoms with E-state index in [-0.39, 0.29) is 0 Å². The van der Waals surface area contributed by atoms with Gasteiger partial charge in [0.05, 0.1) is 0 Å². The summed E-state index contributed by atoms with van der Waals surface area (Å²) < 4.78 is 5.18. The van der Waals surface area contributed by atoms with Crippen molar-refractivity contribution >= 4 is 56.2 Å². The summed E-state index contributed by atoms with van der Waals surface area (Å²) in [6.45, 7) is 11.2. The van der Waals surface area contributed by atoms with Crippen LogP contribution in [-0.4, -0.2) is 41.8 Å². The van der Waals surface area contributed by atoms with E-state index < -0.39 is 34.1 Å². The number of nitrogens with zero attached hydrogens (tertiary/aromatic N) is 2. The van der Waals surface area contributed by atoms with Crippen molar-refractivity contribution in [1.82, 2.24) is 7.79 Å². The van der Waals surface area contributed by atoms with E-state index in [1.54, 1.807) is 0 Å². The van der Waals surface area contributed by atoms with E-state index in [9.17, 15) is 0 Å². The molecule has 1 saturated heterocycles. The van der Waals surface area contributed by atoms with Crippen molar-refractivity contribution in [2.75, 3.05) is 0 Å². The lowest BCUT2D eigenvalue weighted by Gasteiger charge is -2.58. The van der Waals surface area contributed by atoms with Crippen molar-refractivity contribution in [3.63, 3.8) is 0 Å². The molecule has 0 amide bonds. The van der Waals surface area contributed by atoms with E-state index in [0.717, 1.165) is 0 Å². The van der Waals surface area contributed by atoms with E-state index in [1.165, 1.54) is 0 Å². The molecule has 0 N–H and O–H groups in total. The fourth-order valence-corrected chi connectivity index (χ4v) is 23.7. The fraction of sp³-hybridized carbons (Fsp3) is 1.00. The Morgan fingerprint density at radius 1 is 1.23 bits per heavy atom. The first-order chi connectivity index (χ1) is 5.76. The minimum absolute atomic E-state index is 0.521. The lowest BCUT2D eigenvalue weighted by molar-refractivity contribution is 0.714. The topological polar surface area (TPSA) is 6.48 Å². The molecule has 3 radical (unpaired) electrons. The van der Waals surface area contributed by atoms with Crippen LogP contribution in [0.15, 0.2) is 0 Å². The van der Waals surface area contributed by atoms with Gasteiger partial charge in [0, 0.05) is 0 Å². The lowest BCUT2D eigenvalue weighted by atomic mass is 11.9. The molecule has 0 aromatic carbocycles. The van der Waals surface area contributed by atoms with Gasteiger partial charge in [-0.2, -0.15) is 0 Å². The molecule has 1 heterocycles. The van der Waals surface area contributed by atoms with Crippen LogP contribution >= 0.6 is 22.2 Å². The van der Waals surface area contributed by atoms with Crippen molar-refractivity contribution < 1.29 is 0 Å². The van der Waals surface area contributed by atoms with Crippen LogP contribution in [0.5, 0.6) is 0 Å². The predicted molar refractivity (Wildman–Crippen MR) is 67.7 cm³/mol. The molecule has 2 nitrogen and oxygen atoms in total. The maximum atomic E-state index is 6.45. The van der Waals surface area contributed by atoms with Crippen LogP contribution in [0.25, 0.3) is 0 Å². The molecule has 0 aromatic heterocycles. The van der Waals surface area contributed by atoms with Crippen molar-refractivity contribution in [2.24, 2.45) is 0 Å². The van der Waals surface area contributed by atoms with Crippen molar-refractivity contribution in [3.8, 4) is 0 Å². The molecule has 0 atom stereocenters. The minimum Gasteiger partial charge on any atom is -0.334 e. The third kappa shape index (κ3) is 2.31. The Hall–Kier alpha value is 1.37. The maximum Gasteiger partial charge on any atom is 0.236 e. The molecule has 0 saturated carbocycles. The summed E-state index contributed by atoms with van der Waals surface area (Å²) in [7, 11) is -3.36. The van der Waals surface area contributed by atoms with Gasteiger partial charge in [0.1, 0.15) is 0 Å². The largest absolute Gasteiger partial charge is 0.334 e. The molecule has 1 aliphatic rings. The third-order valence-electron chi connectivity index (χ3n) is 2.13. The Kier molecular flexibility index (Phi) is 3.91. The molecular formula is C5H15Cl2N2Si4. The summed E-state index contributed by atoms with van der Waals surface area (Å²) >= 11 is 12.7. The first-order valence-corrected chi connectivity index (χ1v) is 14.9. The van der Waals surface area contributed by atoms with E-state index >= 15 is 0 Å². The van der Waals surface area contributed by atoms with Gasteiger partial charge in [0.2, 0.25) is 34.1 Å². The number of hydrogen-bond donors (Lipinski definition) is 0. The van der Waals surface area contributed by atoms with Crippen molar-refractivity contribution in [2.45, 2.75) is 32.7 Å². The Bertz CT molecular complexity index is 187. The van der Waals surface area contributed by atoms with Gasteiger partial charge in [-0.05, 0) is 32.7 Å². The Labute approximate surface area is 96.5 Å². The van der Waals surface area contributed by atoms with Gasteiger partial charge in [0.25, 0.3) is 0 Å². The quantitative estimate of drug-likeness (QED) is 0.567. The first-order valence-electron chi connectivity index (χ1n) is 4.22. The average molecular weight is 286 g/mol. The van der Waals surface area contributed by atoms with Crippen LogP contribution in [0.4, 0.5) is 0 Å². The van der Waals surface area contributed by atoms with Gasteiger partial charge >= 0.3 is 0 Å². The Balaban J connectivity index is 2.67. The monoisotopic (exact) mass is 285 g/mol. The van der Waals surface area contributed by atoms with E-state index in [1.807, 2.05) is 0 Å². The van der Waals surface area contributed by atoms with Crippen molar-refractivity contribution in [3.05, 3.63) is 0 Å². The minimum atomic E-state index is -1.58. The molecule has 1 aliphatic heterocycles. The molecule has 1 fully saturated rings. The van der Waals surface area contributed by atoms with Crippen LogP contribution in [-0.2, 0) is 0 Å². The number of rotatable bonds is 2. The third-order valence-corrected chi connectivity index (χ3v) is 22.3. The molecule has 75 valence electrons. The zero-order valence-corrected chi connectivity index (χ0v) is 14.2. The van der Waals surface area contributed by atoms with Gasteiger partial charge in [-0.25, -0.2) is 0 Å². The van der Waals surface area contributed by atoms with Crippen LogP contribution < -0.4 is 0 Å². The second-order valence-electron chi connectivity index (χ2n) is 3.67. The molecule has 0 aromatic rings. The molecule has 0 unspecified atom stereocenters. The van der Waals surface area contributed by atoms with Gasteiger partial charge in [-0.3, -0.25) is 0 Å². The molecule has 1 rings (SSSR count). The van der Waals surface area contributed by atoms with Crippen molar-refractivity contribution in [1.29, 1.82) is 0 Å². The van der Waals surface area contributed by atoms with E-state index in [0.29, 0.717) is 0 Å².